The Morgan fingerprint density at radius 2 is 2.22 bits per heavy atom. The van der Waals surface area contributed by atoms with E-state index in [2.05, 4.69) is 16.2 Å². The fourth-order valence-electron chi connectivity index (χ4n) is 1.08. The van der Waals surface area contributed by atoms with Gasteiger partial charge in [0.05, 0.1) is 18.1 Å². The zero-order chi connectivity index (χ0) is 11.6. The molecule has 0 aliphatic rings. The molecular formula is C12H17Cl2N3S. The number of hydrogen-bond acceptors (Lipinski definition) is 3. The van der Waals surface area contributed by atoms with Crippen molar-refractivity contribution in [1.29, 1.82) is 5.41 Å². The summed E-state index contributed by atoms with van der Waals surface area (Å²) in [6, 6.07) is 5.90. The number of halogens is 2. The second kappa shape index (κ2) is 12.6. The summed E-state index contributed by atoms with van der Waals surface area (Å²) >= 11 is 1.77. The zero-order valence-electron chi connectivity index (χ0n) is 9.89. The molecule has 3 nitrogen and oxygen atoms in total. The Morgan fingerprint density at radius 1 is 1.44 bits per heavy atom. The number of hydrogen-bond donors (Lipinski definition) is 2. The Kier molecular flexibility index (Phi) is 13.6. The highest BCUT2D eigenvalue weighted by Crippen LogP contribution is 2.10. The second-order valence-corrected chi connectivity index (χ2v) is 4.27. The van der Waals surface area contributed by atoms with Gasteiger partial charge in [0.1, 0.15) is 0 Å². The van der Waals surface area contributed by atoms with Crippen molar-refractivity contribution in [1.82, 2.24) is 10.3 Å². The first-order valence-electron chi connectivity index (χ1n) is 5.05. The Balaban J connectivity index is 0. The van der Waals surface area contributed by atoms with E-state index in [-0.39, 0.29) is 24.8 Å². The van der Waals surface area contributed by atoms with Gasteiger partial charge in [-0.1, -0.05) is 12.0 Å². The number of terminal acetylenes is 1. The molecule has 0 aliphatic carbocycles. The third kappa shape index (κ3) is 9.17. The quantitative estimate of drug-likeness (QED) is 0.368. The highest BCUT2D eigenvalue weighted by molar-refractivity contribution is 7.98. The average molecular weight is 306 g/mol. The molecule has 1 rings (SSSR count). The van der Waals surface area contributed by atoms with Crippen LogP contribution in [0.25, 0.3) is 0 Å². The summed E-state index contributed by atoms with van der Waals surface area (Å²) in [6.07, 6.45) is 7.60. The molecule has 0 atom stereocenters. The molecule has 1 aromatic rings. The zero-order valence-corrected chi connectivity index (χ0v) is 12.3. The van der Waals surface area contributed by atoms with Crippen molar-refractivity contribution >= 4 is 42.4 Å². The van der Waals surface area contributed by atoms with E-state index < -0.39 is 0 Å². The molecule has 0 saturated heterocycles. The third-order valence-corrected chi connectivity index (χ3v) is 2.87. The number of pyridine rings is 1. The monoisotopic (exact) mass is 305 g/mol. The largest absolute Gasteiger partial charge is 0.363 e. The maximum Gasteiger partial charge on any atom is 0.0947 e. The van der Waals surface area contributed by atoms with Crippen LogP contribution < -0.4 is 5.32 Å². The van der Waals surface area contributed by atoms with Crippen molar-refractivity contribution in [3.8, 4) is 12.3 Å². The lowest BCUT2D eigenvalue weighted by molar-refractivity contribution is 1.000. The van der Waals surface area contributed by atoms with E-state index in [1.165, 1.54) is 0 Å². The minimum absolute atomic E-state index is 0. The lowest BCUT2D eigenvalue weighted by atomic mass is 10.4. The molecule has 18 heavy (non-hydrogen) atoms. The molecule has 0 amide bonds. The Hall–Kier alpha value is -0.890. The molecule has 1 aromatic heterocycles. The molecule has 0 aliphatic heterocycles. The van der Waals surface area contributed by atoms with E-state index >= 15 is 0 Å². The second-order valence-electron chi connectivity index (χ2n) is 3.16. The number of nitrogens with one attached hydrogen (secondary N) is 2. The van der Waals surface area contributed by atoms with Gasteiger partial charge in [-0.25, -0.2) is 0 Å². The van der Waals surface area contributed by atoms with Gasteiger partial charge in [-0.15, -0.1) is 31.2 Å². The minimum atomic E-state index is 0. The molecule has 0 bridgehead atoms. The van der Waals surface area contributed by atoms with Crippen molar-refractivity contribution in [3.63, 3.8) is 0 Å². The molecule has 0 radical (unpaired) electrons. The van der Waals surface area contributed by atoms with Gasteiger partial charge < -0.3 is 5.32 Å². The number of aromatic nitrogens is 1. The standard InChI is InChI=1S/C12H15N3S.2ClH/c1-2-7-15-12(13)6-9-16-10-11-5-3-4-8-14-11;;/h1,3-5,8H,6-7,9-10H2,(H2,13,15);2*1H. The fraction of sp³-hybridized carbons (Fsp3) is 0.333. The molecule has 0 saturated carbocycles. The van der Waals surface area contributed by atoms with E-state index in [4.69, 9.17) is 11.8 Å². The molecule has 0 fully saturated rings. The van der Waals surface area contributed by atoms with Crippen molar-refractivity contribution < 1.29 is 0 Å². The molecule has 0 aromatic carbocycles. The Morgan fingerprint density at radius 3 is 2.83 bits per heavy atom. The first kappa shape index (κ1) is 19.4. The van der Waals surface area contributed by atoms with Crippen LogP contribution in [0.3, 0.4) is 0 Å². The summed E-state index contributed by atoms with van der Waals surface area (Å²) in [5, 5.41) is 10.4. The van der Waals surface area contributed by atoms with Crippen LogP contribution >= 0.6 is 36.6 Å². The van der Waals surface area contributed by atoms with Gasteiger partial charge in [0.2, 0.25) is 0 Å². The number of rotatable bonds is 6. The number of thioether (sulfide) groups is 1. The van der Waals surface area contributed by atoms with Crippen LogP contribution in [0.2, 0.25) is 0 Å². The van der Waals surface area contributed by atoms with Crippen LogP contribution in [-0.2, 0) is 5.75 Å². The van der Waals surface area contributed by atoms with E-state index in [0.717, 1.165) is 23.6 Å². The highest BCUT2D eigenvalue weighted by Gasteiger charge is 1.97. The minimum Gasteiger partial charge on any atom is -0.363 e. The van der Waals surface area contributed by atoms with Crippen molar-refractivity contribution in [2.75, 3.05) is 12.3 Å². The SMILES string of the molecule is C#CCNC(=N)CCSCc1ccccn1.Cl.Cl. The lowest BCUT2D eigenvalue weighted by Gasteiger charge is -2.04. The van der Waals surface area contributed by atoms with Crippen LogP contribution in [0.5, 0.6) is 0 Å². The number of nitrogens with zero attached hydrogens (tertiary/aromatic N) is 1. The molecule has 100 valence electrons. The summed E-state index contributed by atoms with van der Waals surface area (Å²) < 4.78 is 0. The average Bonchev–Trinajstić information content (AvgIpc) is 2.33. The fourth-order valence-corrected chi connectivity index (χ4v) is 1.95. The van der Waals surface area contributed by atoms with Gasteiger partial charge in [0.25, 0.3) is 0 Å². The smallest absolute Gasteiger partial charge is 0.0947 e. The molecule has 2 N–H and O–H groups in total. The van der Waals surface area contributed by atoms with E-state index in [0.29, 0.717) is 12.4 Å². The maximum absolute atomic E-state index is 7.54. The van der Waals surface area contributed by atoms with Crippen molar-refractivity contribution in [3.05, 3.63) is 30.1 Å². The normalized spacial score (nSPS) is 8.39. The molecule has 0 unspecified atom stereocenters. The molecular weight excluding hydrogens is 289 g/mol. The van der Waals surface area contributed by atoms with E-state index in [1.807, 2.05) is 18.2 Å². The van der Waals surface area contributed by atoms with Gasteiger partial charge in [-0.05, 0) is 12.1 Å². The summed E-state index contributed by atoms with van der Waals surface area (Å²) in [5.74, 6) is 4.75. The van der Waals surface area contributed by atoms with Crippen LogP contribution in [-0.4, -0.2) is 23.1 Å². The summed E-state index contributed by atoms with van der Waals surface area (Å²) in [5.41, 5.74) is 1.08. The van der Waals surface area contributed by atoms with Gasteiger partial charge >= 0.3 is 0 Å². The van der Waals surface area contributed by atoms with Gasteiger partial charge in [-0.3, -0.25) is 10.4 Å². The first-order chi connectivity index (χ1) is 7.83. The lowest BCUT2D eigenvalue weighted by Crippen LogP contribution is -2.22. The Bertz CT molecular complexity index is 365. The van der Waals surface area contributed by atoms with Crippen LogP contribution in [0.1, 0.15) is 12.1 Å². The van der Waals surface area contributed by atoms with Crippen molar-refractivity contribution in [2.24, 2.45) is 0 Å². The van der Waals surface area contributed by atoms with Gasteiger partial charge in [-0.2, -0.15) is 11.8 Å². The summed E-state index contributed by atoms with van der Waals surface area (Å²) in [4.78, 5) is 4.23. The molecule has 1 heterocycles. The van der Waals surface area contributed by atoms with E-state index in [1.54, 1.807) is 18.0 Å². The maximum atomic E-state index is 7.54. The van der Waals surface area contributed by atoms with Gasteiger partial charge in [0.15, 0.2) is 0 Å². The summed E-state index contributed by atoms with van der Waals surface area (Å²) in [7, 11) is 0. The topological polar surface area (TPSA) is 48.8 Å². The molecule has 0 spiro atoms. The predicted octanol–water partition coefficient (Wildman–Crippen LogP) is 2.75. The van der Waals surface area contributed by atoms with Crippen LogP contribution in [0.15, 0.2) is 24.4 Å². The first-order valence-corrected chi connectivity index (χ1v) is 6.21. The predicted molar refractivity (Wildman–Crippen MR) is 84.1 cm³/mol. The van der Waals surface area contributed by atoms with Gasteiger partial charge in [0, 0.05) is 24.1 Å². The van der Waals surface area contributed by atoms with Crippen LogP contribution in [0, 0.1) is 17.8 Å². The highest BCUT2D eigenvalue weighted by atomic mass is 35.5. The third-order valence-electron chi connectivity index (χ3n) is 1.88. The van der Waals surface area contributed by atoms with Crippen LogP contribution in [0.4, 0.5) is 0 Å². The molecule has 6 heteroatoms. The summed E-state index contributed by atoms with van der Waals surface area (Å²) in [6.45, 7) is 0.434. The Labute approximate surface area is 125 Å². The van der Waals surface area contributed by atoms with E-state index in [9.17, 15) is 0 Å². The van der Waals surface area contributed by atoms with Crippen molar-refractivity contribution in [2.45, 2.75) is 12.2 Å². The number of amidine groups is 1.